The first-order valence-corrected chi connectivity index (χ1v) is 5.51. The molecule has 0 radical (unpaired) electrons. The van der Waals surface area contributed by atoms with Gasteiger partial charge in [0.15, 0.2) is 0 Å². The highest BCUT2D eigenvalue weighted by molar-refractivity contribution is 5.75. The second kappa shape index (κ2) is 4.28. The van der Waals surface area contributed by atoms with Crippen molar-refractivity contribution in [2.24, 2.45) is 17.7 Å². The van der Waals surface area contributed by atoms with Gasteiger partial charge in [-0.05, 0) is 44.2 Å². The van der Waals surface area contributed by atoms with Crippen molar-refractivity contribution >= 4 is 5.91 Å². The fourth-order valence-electron chi connectivity index (χ4n) is 2.80. The molecule has 14 heavy (non-hydrogen) atoms. The van der Waals surface area contributed by atoms with E-state index in [9.17, 15) is 4.79 Å². The van der Waals surface area contributed by atoms with E-state index in [1.807, 2.05) is 0 Å². The number of rotatable bonds is 3. The maximum atomic E-state index is 11.0. The molecule has 3 rings (SSSR count). The molecule has 0 aromatic rings. The molecule has 3 aliphatic heterocycles. The standard InChI is InChI=1S/C10H19N3O/c11-12-10(14)2-1-9-7-13-5-3-8(9)4-6-13/h8-9H,1-7,11H2,(H,12,14). The van der Waals surface area contributed by atoms with Crippen LogP contribution in [0.25, 0.3) is 0 Å². The molecule has 3 fully saturated rings. The Morgan fingerprint density at radius 2 is 2.14 bits per heavy atom. The fourth-order valence-corrected chi connectivity index (χ4v) is 2.80. The monoisotopic (exact) mass is 197 g/mol. The van der Waals surface area contributed by atoms with Gasteiger partial charge in [-0.2, -0.15) is 0 Å². The molecular formula is C10H19N3O. The van der Waals surface area contributed by atoms with Gasteiger partial charge >= 0.3 is 0 Å². The molecule has 0 spiro atoms. The first-order chi connectivity index (χ1) is 6.79. The molecule has 3 saturated heterocycles. The SMILES string of the molecule is NNC(=O)CCC1CN2CCC1CC2. The van der Waals surface area contributed by atoms with E-state index in [1.54, 1.807) is 0 Å². The van der Waals surface area contributed by atoms with Crippen molar-refractivity contribution in [3.05, 3.63) is 0 Å². The number of hydrogen-bond donors (Lipinski definition) is 2. The summed E-state index contributed by atoms with van der Waals surface area (Å²) in [6, 6.07) is 0. The molecule has 3 heterocycles. The van der Waals surface area contributed by atoms with Crippen molar-refractivity contribution < 1.29 is 4.79 Å². The number of nitrogens with zero attached hydrogens (tertiary/aromatic N) is 1. The molecule has 4 nitrogen and oxygen atoms in total. The summed E-state index contributed by atoms with van der Waals surface area (Å²) >= 11 is 0. The highest BCUT2D eigenvalue weighted by Gasteiger charge is 2.33. The summed E-state index contributed by atoms with van der Waals surface area (Å²) in [7, 11) is 0. The smallest absolute Gasteiger partial charge is 0.233 e. The predicted octanol–water partition coefficient (Wildman–Crippen LogP) is 0.0983. The zero-order valence-electron chi connectivity index (χ0n) is 8.54. The Morgan fingerprint density at radius 3 is 2.64 bits per heavy atom. The third-order valence-electron chi connectivity index (χ3n) is 3.69. The largest absolute Gasteiger partial charge is 0.303 e. The van der Waals surface area contributed by atoms with Crippen LogP contribution < -0.4 is 11.3 Å². The quantitative estimate of drug-likeness (QED) is 0.383. The summed E-state index contributed by atoms with van der Waals surface area (Å²) in [4.78, 5) is 13.5. The van der Waals surface area contributed by atoms with E-state index in [2.05, 4.69) is 10.3 Å². The van der Waals surface area contributed by atoms with Crippen LogP contribution in [0.1, 0.15) is 25.7 Å². The molecule has 0 aromatic heterocycles. The third-order valence-corrected chi connectivity index (χ3v) is 3.69. The number of carbonyl (C=O) groups is 1. The van der Waals surface area contributed by atoms with Crippen molar-refractivity contribution in [3.8, 4) is 0 Å². The van der Waals surface area contributed by atoms with Gasteiger partial charge in [-0.1, -0.05) is 0 Å². The lowest BCUT2D eigenvalue weighted by Crippen LogP contribution is -2.47. The van der Waals surface area contributed by atoms with Crippen LogP contribution in [0.4, 0.5) is 0 Å². The van der Waals surface area contributed by atoms with Crippen LogP contribution in [0.2, 0.25) is 0 Å². The van der Waals surface area contributed by atoms with E-state index >= 15 is 0 Å². The third kappa shape index (κ3) is 2.07. The van der Waals surface area contributed by atoms with Gasteiger partial charge in [0.25, 0.3) is 0 Å². The maximum absolute atomic E-state index is 11.0. The van der Waals surface area contributed by atoms with Crippen molar-refractivity contribution in [2.75, 3.05) is 19.6 Å². The Labute approximate surface area is 84.8 Å². The molecule has 0 aliphatic carbocycles. The van der Waals surface area contributed by atoms with Crippen LogP contribution in [0, 0.1) is 11.8 Å². The van der Waals surface area contributed by atoms with Gasteiger partial charge in [0, 0.05) is 13.0 Å². The minimum Gasteiger partial charge on any atom is -0.303 e. The van der Waals surface area contributed by atoms with Gasteiger partial charge in [-0.25, -0.2) is 5.84 Å². The summed E-state index contributed by atoms with van der Waals surface area (Å²) in [6.07, 6.45) is 4.25. The van der Waals surface area contributed by atoms with Crippen LogP contribution in [-0.2, 0) is 4.79 Å². The molecule has 1 unspecified atom stereocenters. The van der Waals surface area contributed by atoms with Gasteiger partial charge in [-0.15, -0.1) is 0 Å². The van der Waals surface area contributed by atoms with E-state index < -0.39 is 0 Å². The number of nitrogens with one attached hydrogen (secondary N) is 1. The fraction of sp³-hybridized carbons (Fsp3) is 0.900. The van der Waals surface area contributed by atoms with E-state index in [-0.39, 0.29) is 5.91 Å². The van der Waals surface area contributed by atoms with Crippen LogP contribution >= 0.6 is 0 Å². The zero-order chi connectivity index (χ0) is 9.97. The van der Waals surface area contributed by atoms with E-state index in [1.165, 1.54) is 32.5 Å². The molecular weight excluding hydrogens is 178 g/mol. The highest BCUT2D eigenvalue weighted by Crippen LogP contribution is 2.34. The zero-order valence-corrected chi connectivity index (χ0v) is 8.54. The van der Waals surface area contributed by atoms with Crippen LogP contribution in [0.5, 0.6) is 0 Å². The topological polar surface area (TPSA) is 58.4 Å². The normalized spacial score (nSPS) is 35.6. The molecule has 1 amide bonds. The number of nitrogens with two attached hydrogens (primary N) is 1. The van der Waals surface area contributed by atoms with E-state index in [0.29, 0.717) is 6.42 Å². The number of fused-ring (bicyclic) bond motifs is 3. The number of hydrazine groups is 1. The molecule has 3 N–H and O–H groups in total. The number of carbonyl (C=O) groups excluding carboxylic acids is 1. The molecule has 1 atom stereocenters. The lowest BCUT2D eigenvalue weighted by Gasteiger charge is -2.44. The lowest BCUT2D eigenvalue weighted by molar-refractivity contribution is -0.121. The van der Waals surface area contributed by atoms with Crippen LogP contribution in [0.15, 0.2) is 0 Å². The second-order valence-corrected chi connectivity index (χ2v) is 4.50. The molecule has 0 aromatic carbocycles. The van der Waals surface area contributed by atoms with E-state index in [4.69, 9.17) is 5.84 Å². The maximum Gasteiger partial charge on any atom is 0.233 e. The molecule has 0 saturated carbocycles. The van der Waals surface area contributed by atoms with Crippen LogP contribution in [-0.4, -0.2) is 30.4 Å². The minimum absolute atomic E-state index is 0.0264. The number of amides is 1. The highest BCUT2D eigenvalue weighted by atomic mass is 16.2. The molecule has 80 valence electrons. The van der Waals surface area contributed by atoms with Gasteiger partial charge < -0.3 is 4.90 Å². The molecule has 3 aliphatic rings. The van der Waals surface area contributed by atoms with Gasteiger partial charge in [0.05, 0.1) is 0 Å². The van der Waals surface area contributed by atoms with Gasteiger partial charge in [0.1, 0.15) is 0 Å². The molecule has 2 bridgehead atoms. The van der Waals surface area contributed by atoms with Gasteiger partial charge in [0.2, 0.25) is 5.91 Å². The second-order valence-electron chi connectivity index (χ2n) is 4.50. The lowest BCUT2D eigenvalue weighted by atomic mass is 9.77. The minimum atomic E-state index is -0.0264. The predicted molar refractivity (Wildman–Crippen MR) is 54.2 cm³/mol. The van der Waals surface area contributed by atoms with Crippen LogP contribution in [0.3, 0.4) is 0 Å². The average molecular weight is 197 g/mol. The number of piperidine rings is 3. The summed E-state index contributed by atoms with van der Waals surface area (Å²) in [5.41, 5.74) is 2.20. The summed E-state index contributed by atoms with van der Waals surface area (Å²) in [6.45, 7) is 3.73. The van der Waals surface area contributed by atoms with Crippen molar-refractivity contribution in [1.82, 2.24) is 10.3 Å². The average Bonchev–Trinajstić information content (AvgIpc) is 2.27. The Hall–Kier alpha value is -0.610. The first kappa shape index (κ1) is 9.93. The summed E-state index contributed by atoms with van der Waals surface area (Å²) in [5.74, 6) is 6.62. The first-order valence-electron chi connectivity index (χ1n) is 5.51. The van der Waals surface area contributed by atoms with E-state index in [0.717, 1.165) is 18.3 Å². The van der Waals surface area contributed by atoms with Crippen molar-refractivity contribution in [1.29, 1.82) is 0 Å². The Kier molecular flexibility index (Phi) is 3.03. The summed E-state index contributed by atoms with van der Waals surface area (Å²) < 4.78 is 0. The Morgan fingerprint density at radius 1 is 1.43 bits per heavy atom. The number of hydrogen-bond acceptors (Lipinski definition) is 3. The van der Waals surface area contributed by atoms with Crippen molar-refractivity contribution in [3.63, 3.8) is 0 Å². The molecule has 4 heteroatoms. The summed E-state index contributed by atoms with van der Waals surface area (Å²) in [5, 5.41) is 0. The Bertz CT molecular complexity index is 211. The van der Waals surface area contributed by atoms with Gasteiger partial charge in [-0.3, -0.25) is 10.2 Å². The van der Waals surface area contributed by atoms with Crippen molar-refractivity contribution in [2.45, 2.75) is 25.7 Å². The Balaban J connectivity index is 1.78.